The van der Waals surface area contributed by atoms with Gasteiger partial charge in [-0.1, -0.05) is 224 Å². The highest BCUT2D eigenvalue weighted by molar-refractivity contribution is 5.98. The molecule has 0 aliphatic carbocycles. The zero-order valence-electron chi connectivity index (χ0n) is 35.4. The average molecular weight is 841 g/mol. The summed E-state index contributed by atoms with van der Waals surface area (Å²) in [7, 11) is 0. The third-order valence-corrected chi connectivity index (χ3v) is 12.3. The summed E-state index contributed by atoms with van der Waals surface area (Å²) in [5, 5.41) is 49.0. The summed E-state index contributed by atoms with van der Waals surface area (Å²) in [6.07, 6.45) is 0. The van der Waals surface area contributed by atoms with Crippen LogP contribution in [-0.4, -0.2) is 20.4 Å². The summed E-state index contributed by atoms with van der Waals surface area (Å²) in [5.41, 5.74) is 13.0. The Morgan fingerprint density at radius 3 is 0.908 bits per heavy atom. The van der Waals surface area contributed by atoms with E-state index >= 15 is 0 Å². The predicted molar refractivity (Wildman–Crippen MR) is 265 cm³/mol. The number of hydrogen-bond donors (Lipinski definition) is 4. The second kappa shape index (κ2) is 17.6. The van der Waals surface area contributed by atoms with Gasteiger partial charge < -0.3 is 20.4 Å². The van der Waals surface area contributed by atoms with Gasteiger partial charge in [-0.3, -0.25) is 0 Å². The average Bonchev–Trinajstić information content (AvgIpc) is 3.36. The number of rotatable bonds is 10. The van der Waals surface area contributed by atoms with E-state index in [9.17, 15) is 20.4 Å². The van der Waals surface area contributed by atoms with Gasteiger partial charge in [0.05, 0.1) is 0 Å². The molecular formula is C61H44O4. The molecule has 0 aliphatic rings. The molecule has 312 valence electrons. The lowest BCUT2D eigenvalue weighted by molar-refractivity contribution is 0.461. The third kappa shape index (κ3) is 7.68. The highest BCUT2D eigenvalue weighted by atomic mass is 16.3. The van der Waals surface area contributed by atoms with Gasteiger partial charge in [0.15, 0.2) is 0 Å². The van der Waals surface area contributed by atoms with Crippen LogP contribution in [0.1, 0.15) is 22.6 Å². The molecule has 0 saturated carbocycles. The maximum absolute atomic E-state index is 13.1. The minimum absolute atomic E-state index is 0.0530. The van der Waals surface area contributed by atoms with Crippen molar-refractivity contribution in [2.45, 2.75) is 5.92 Å². The predicted octanol–water partition coefficient (Wildman–Crippen LogP) is 15.4. The van der Waals surface area contributed by atoms with Gasteiger partial charge >= 0.3 is 0 Å². The van der Waals surface area contributed by atoms with Crippen molar-refractivity contribution in [2.75, 3.05) is 0 Å². The molecule has 0 fully saturated rings. The molecule has 0 unspecified atom stereocenters. The van der Waals surface area contributed by atoms with E-state index in [0.717, 1.165) is 61.2 Å². The van der Waals surface area contributed by atoms with Crippen LogP contribution < -0.4 is 0 Å². The summed E-state index contributed by atoms with van der Waals surface area (Å²) >= 11 is 0. The van der Waals surface area contributed by atoms with Gasteiger partial charge in [0.25, 0.3) is 0 Å². The first-order valence-electron chi connectivity index (χ1n) is 21.7. The fourth-order valence-electron chi connectivity index (χ4n) is 9.29. The molecule has 4 nitrogen and oxygen atoms in total. The Morgan fingerprint density at radius 2 is 0.538 bits per heavy atom. The minimum Gasteiger partial charge on any atom is -0.507 e. The quantitative estimate of drug-likeness (QED) is 0.103. The molecule has 4 N–H and O–H groups in total. The molecular weight excluding hydrogens is 797 g/mol. The summed E-state index contributed by atoms with van der Waals surface area (Å²) in [4.78, 5) is 0. The molecule has 0 aromatic heterocycles. The van der Waals surface area contributed by atoms with Crippen LogP contribution in [0.25, 0.3) is 77.9 Å². The van der Waals surface area contributed by atoms with Crippen molar-refractivity contribution in [3.05, 3.63) is 253 Å². The standard InChI is InChI=1S/C61H44O4/c62-53-30-16-28-47(56(53)42-20-8-2-9-21-42)49-36-38-51(60(64)58(49)44-24-12-4-13-25-44)55(46-34-32-41(33-35-46)40-18-6-1-7-19-40)52-39-37-50(59(61(52)65)45-26-14-5-15-27-45)48-29-17-31-54(63)57(48)43-22-10-3-11-23-43/h1-39,55,62-65H. The van der Waals surface area contributed by atoms with Gasteiger partial charge in [-0.2, -0.15) is 0 Å². The van der Waals surface area contributed by atoms with Gasteiger partial charge in [0, 0.05) is 39.3 Å². The smallest absolute Gasteiger partial charge is 0.128 e. The van der Waals surface area contributed by atoms with Crippen molar-refractivity contribution in [1.82, 2.24) is 0 Å². The van der Waals surface area contributed by atoms with Crippen molar-refractivity contribution in [2.24, 2.45) is 0 Å². The lowest BCUT2D eigenvalue weighted by atomic mass is 9.78. The SMILES string of the molecule is Oc1cccc(-c2ccc(C(c3ccc(-c4ccccc4)cc3)c3ccc(-c4cccc(O)c4-c4ccccc4)c(-c4ccccc4)c3O)c(O)c2-c2ccccc2)c1-c1ccccc1. The molecule has 0 bridgehead atoms. The summed E-state index contributed by atoms with van der Waals surface area (Å²) in [6, 6.07) is 76.6. The normalized spacial score (nSPS) is 11.2. The van der Waals surface area contributed by atoms with Crippen molar-refractivity contribution in [3.8, 4) is 101 Å². The zero-order valence-corrected chi connectivity index (χ0v) is 35.4. The number of aromatic hydroxyl groups is 4. The monoisotopic (exact) mass is 840 g/mol. The lowest BCUT2D eigenvalue weighted by Gasteiger charge is -2.26. The Morgan fingerprint density at radius 1 is 0.231 bits per heavy atom. The molecule has 0 aliphatic heterocycles. The number of benzene rings is 10. The highest BCUT2D eigenvalue weighted by Gasteiger charge is 2.30. The van der Waals surface area contributed by atoms with Crippen molar-refractivity contribution in [1.29, 1.82) is 0 Å². The number of hydrogen-bond acceptors (Lipinski definition) is 4. The zero-order chi connectivity index (χ0) is 44.3. The first-order chi connectivity index (χ1) is 32.0. The van der Waals surface area contributed by atoms with Crippen LogP contribution in [0.2, 0.25) is 0 Å². The molecule has 4 heteroatoms. The molecule has 0 spiro atoms. The Hall–Kier alpha value is -8.60. The van der Waals surface area contributed by atoms with Gasteiger partial charge in [0.1, 0.15) is 23.0 Å². The first-order valence-corrected chi connectivity index (χ1v) is 21.7. The lowest BCUT2D eigenvalue weighted by Crippen LogP contribution is -2.07. The molecule has 0 saturated heterocycles. The van der Waals surface area contributed by atoms with Crippen LogP contribution >= 0.6 is 0 Å². The molecule has 10 aromatic rings. The largest absolute Gasteiger partial charge is 0.507 e. The van der Waals surface area contributed by atoms with Crippen LogP contribution in [0.15, 0.2) is 237 Å². The fraction of sp³-hybridized carbons (Fsp3) is 0.0164. The van der Waals surface area contributed by atoms with Crippen molar-refractivity contribution < 1.29 is 20.4 Å². The minimum atomic E-state index is -0.664. The fourth-order valence-corrected chi connectivity index (χ4v) is 9.29. The Balaban J connectivity index is 1.25. The van der Waals surface area contributed by atoms with E-state index < -0.39 is 5.92 Å². The van der Waals surface area contributed by atoms with Crippen LogP contribution in [0.5, 0.6) is 23.0 Å². The van der Waals surface area contributed by atoms with E-state index in [0.29, 0.717) is 33.4 Å². The van der Waals surface area contributed by atoms with Crippen molar-refractivity contribution >= 4 is 0 Å². The van der Waals surface area contributed by atoms with Gasteiger partial charge in [-0.15, -0.1) is 0 Å². The molecule has 0 heterocycles. The number of phenols is 4. The number of phenolic OH excluding ortho intramolecular Hbond substituents is 4. The van der Waals surface area contributed by atoms with Gasteiger partial charge in [0.2, 0.25) is 0 Å². The second-order valence-electron chi connectivity index (χ2n) is 16.1. The molecule has 0 amide bonds. The van der Waals surface area contributed by atoms with E-state index in [-0.39, 0.29) is 23.0 Å². The summed E-state index contributed by atoms with van der Waals surface area (Å²) in [6.45, 7) is 0. The van der Waals surface area contributed by atoms with E-state index in [4.69, 9.17) is 0 Å². The highest BCUT2D eigenvalue weighted by Crippen LogP contribution is 2.53. The maximum Gasteiger partial charge on any atom is 0.128 e. The Labute approximate surface area is 378 Å². The molecule has 10 rings (SSSR count). The molecule has 65 heavy (non-hydrogen) atoms. The summed E-state index contributed by atoms with van der Waals surface area (Å²) < 4.78 is 0. The van der Waals surface area contributed by atoms with Crippen LogP contribution in [-0.2, 0) is 0 Å². The Bertz CT molecular complexity index is 3080. The molecule has 10 aromatic carbocycles. The molecule has 0 atom stereocenters. The van der Waals surface area contributed by atoms with E-state index in [1.54, 1.807) is 12.1 Å². The summed E-state index contributed by atoms with van der Waals surface area (Å²) in [5.74, 6) is -0.292. The van der Waals surface area contributed by atoms with Crippen LogP contribution in [0.3, 0.4) is 0 Å². The third-order valence-electron chi connectivity index (χ3n) is 12.3. The van der Waals surface area contributed by atoms with E-state index in [1.165, 1.54) is 0 Å². The van der Waals surface area contributed by atoms with Crippen molar-refractivity contribution in [3.63, 3.8) is 0 Å². The second-order valence-corrected chi connectivity index (χ2v) is 16.1. The van der Waals surface area contributed by atoms with Crippen LogP contribution in [0, 0.1) is 0 Å². The topological polar surface area (TPSA) is 80.9 Å². The van der Waals surface area contributed by atoms with Crippen LogP contribution in [0.4, 0.5) is 0 Å². The van der Waals surface area contributed by atoms with Gasteiger partial charge in [-0.05, 0) is 73.3 Å². The molecule has 0 radical (unpaired) electrons. The van der Waals surface area contributed by atoms with Gasteiger partial charge in [-0.25, -0.2) is 0 Å². The Kier molecular flexibility index (Phi) is 11.0. The van der Waals surface area contributed by atoms with E-state index in [1.807, 2.05) is 188 Å². The first kappa shape index (κ1) is 40.5. The maximum atomic E-state index is 13.1. The van der Waals surface area contributed by atoms with E-state index in [2.05, 4.69) is 36.4 Å².